The van der Waals surface area contributed by atoms with E-state index in [1.807, 2.05) is 19.1 Å². The molecule has 2 aromatic rings. The Hall–Kier alpha value is -2.21. The van der Waals surface area contributed by atoms with Crippen molar-refractivity contribution in [3.63, 3.8) is 0 Å². The number of ketones is 1. The Morgan fingerprint density at radius 3 is 2.78 bits per heavy atom. The number of likely N-dealkylation sites (tertiary alicyclic amines) is 1. The van der Waals surface area contributed by atoms with Gasteiger partial charge in [-0.15, -0.1) is 0 Å². The second-order valence-corrected chi connectivity index (χ2v) is 6.25. The van der Waals surface area contributed by atoms with Gasteiger partial charge < -0.3 is 10.0 Å². The van der Waals surface area contributed by atoms with Crippen molar-refractivity contribution in [2.24, 2.45) is 5.92 Å². The first kappa shape index (κ1) is 15.7. The average Bonchev–Trinajstić information content (AvgIpc) is 2.99. The molecule has 0 radical (unpaired) electrons. The predicted molar refractivity (Wildman–Crippen MR) is 86.6 cm³/mol. The summed E-state index contributed by atoms with van der Waals surface area (Å²) in [5, 5.41) is 16.9. The van der Waals surface area contributed by atoms with Gasteiger partial charge in [-0.2, -0.15) is 5.10 Å². The molecule has 0 unspecified atom stereocenters. The van der Waals surface area contributed by atoms with E-state index in [-0.39, 0.29) is 11.7 Å². The lowest BCUT2D eigenvalue weighted by molar-refractivity contribution is -0.143. The molecule has 0 atom stereocenters. The summed E-state index contributed by atoms with van der Waals surface area (Å²) < 4.78 is 0. The topological polar surface area (TPSA) is 86.3 Å². The number of carboxylic acids is 1. The van der Waals surface area contributed by atoms with Crippen molar-refractivity contribution in [3.8, 4) is 0 Å². The Balaban J connectivity index is 1.59. The molecule has 0 spiro atoms. The van der Waals surface area contributed by atoms with Crippen LogP contribution >= 0.6 is 0 Å². The largest absolute Gasteiger partial charge is 0.481 e. The predicted octanol–water partition coefficient (Wildman–Crippen LogP) is 2.24. The van der Waals surface area contributed by atoms with Gasteiger partial charge in [0.2, 0.25) is 0 Å². The first-order valence-electron chi connectivity index (χ1n) is 7.96. The summed E-state index contributed by atoms with van der Waals surface area (Å²) in [6.45, 7) is 4.13. The third-order valence-electron chi connectivity index (χ3n) is 4.68. The van der Waals surface area contributed by atoms with Crippen molar-refractivity contribution in [1.82, 2.24) is 15.1 Å². The molecule has 1 saturated heterocycles. The number of benzene rings is 1. The van der Waals surface area contributed by atoms with E-state index in [0.717, 1.165) is 35.1 Å². The fourth-order valence-corrected chi connectivity index (χ4v) is 3.20. The Morgan fingerprint density at radius 2 is 2.09 bits per heavy atom. The van der Waals surface area contributed by atoms with Crippen molar-refractivity contribution in [2.75, 3.05) is 19.6 Å². The average molecular weight is 315 g/mol. The molecule has 1 aromatic carbocycles. The normalized spacial score (nSPS) is 16.7. The Morgan fingerprint density at radius 1 is 1.35 bits per heavy atom. The molecule has 1 fully saturated rings. The van der Waals surface area contributed by atoms with E-state index in [2.05, 4.69) is 15.1 Å². The Labute approximate surface area is 134 Å². The Bertz CT molecular complexity index is 730. The van der Waals surface area contributed by atoms with Crippen molar-refractivity contribution < 1.29 is 14.7 Å². The second kappa shape index (κ2) is 6.50. The molecule has 23 heavy (non-hydrogen) atoms. The summed E-state index contributed by atoms with van der Waals surface area (Å²) >= 11 is 0. The zero-order chi connectivity index (χ0) is 16.4. The summed E-state index contributed by atoms with van der Waals surface area (Å²) in [5.41, 5.74) is 2.64. The third-order valence-corrected chi connectivity index (χ3v) is 4.68. The van der Waals surface area contributed by atoms with Crippen molar-refractivity contribution in [1.29, 1.82) is 0 Å². The molecular formula is C17H21N3O3. The summed E-state index contributed by atoms with van der Waals surface area (Å²) in [6, 6.07) is 3.85. The van der Waals surface area contributed by atoms with Crippen LogP contribution in [0.1, 0.15) is 35.2 Å². The number of fused-ring (bicyclic) bond motifs is 1. The van der Waals surface area contributed by atoms with Gasteiger partial charge >= 0.3 is 5.97 Å². The van der Waals surface area contributed by atoms with Gasteiger partial charge in [-0.3, -0.25) is 14.7 Å². The van der Waals surface area contributed by atoms with Gasteiger partial charge in [0.05, 0.1) is 17.6 Å². The first-order chi connectivity index (χ1) is 11.0. The molecule has 0 amide bonds. The van der Waals surface area contributed by atoms with Crippen molar-refractivity contribution in [3.05, 3.63) is 29.5 Å². The van der Waals surface area contributed by atoms with Gasteiger partial charge in [0.1, 0.15) is 0 Å². The lowest BCUT2D eigenvalue weighted by Crippen LogP contribution is -2.37. The van der Waals surface area contributed by atoms with Gasteiger partial charge in [-0.25, -0.2) is 0 Å². The number of Topliss-reactive ketones (excluding diaryl/α,β-unsaturated/α-hetero) is 1. The van der Waals surface area contributed by atoms with Gasteiger partial charge in [0.25, 0.3) is 0 Å². The van der Waals surface area contributed by atoms with E-state index in [0.29, 0.717) is 25.8 Å². The molecule has 122 valence electrons. The molecule has 0 aliphatic carbocycles. The lowest BCUT2D eigenvalue weighted by atomic mass is 9.96. The maximum atomic E-state index is 12.5. The van der Waals surface area contributed by atoms with Crippen LogP contribution in [-0.2, 0) is 4.79 Å². The minimum atomic E-state index is -0.704. The van der Waals surface area contributed by atoms with Gasteiger partial charge in [0.15, 0.2) is 5.78 Å². The summed E-state index contributed by atoms with van der Waals surface area (Å²) in [7, 11) is 0. The van der Waals surface area contributed by atoms with E-state index < -0.39 is 5.97 Å². The monoisotopic (exact) mass is 315 g/mol. The second-order valence-electron chi connectivity index (χ2n) is 6.25. The number of carbonyl (C=O) groups excluding carboxylic acids is 1. The molecular weight excluding hydrogens is 294 g/mol. The highest BCUT2D eigenvalue weighted by atomic mass is 16.4. The molecule has 0 bridgehead atoms. The number of piperidine rings is 1. The standard InChI is InChI=1S/C17H21N3O3/c1-11-8-15-13(10-18-19-15)9-14(11)16(21)4-7-20-5-2-12(3-6-20)17(22)23/h8-10,12H,2-7H2,1H3,(H,18,19)(H,22,23). The maximum Gasteiger partial charge on any atom is 0.306 e. The number of aryl methyl sites for hydroxylation is 1. The number of carbonyl (C=O) groups is 2. The number of H-pyrrole nitrogens is 1. The summed E-state index contributed by atoms with van der Waals surface area (Å²) in [6.07, 6.45) is 3.53. The Kier molecular flexibility index (Phi) is 4.43. The van der Waals surface area contributed by atoms with Gasteiger partial charge in [-0.05, 0) is 50.6 Å². The molecule has 2 N–H and O–H groups in total. The van der Waals surface area contributed by atoms with Crippen LogP contribution in [0.15, 0.2) is 18.3 Å². The number of nitrogens with zero attached hydrogens (tertiary/aromatic N) is 2. The van der Waals surface area contributed by atoms with Crippen LogP contribution in [-0.4, -0.2) is 51.6 Å². The van der Waals surface area contributed by atoms with Crippen LogP contribution in [0.2, 0.25) is 0 Å². The van der Waals surface area contributed by atoms with Gasteiger partial charge in [-0.1, -0.05) is 0 Å². The molecule has 2 heterocycles. The highest BCUT2D eigenvalue weighted by molar-refractivity contribution is 6.00. The minimum Gasteiger partial charge on any atom is -0.481 e. The number of aliphatic carboxylic acids is 1. The highest BCUT2D eigenvalue weighted by Crippen LogP contribution is 2.20. The number of hydrogen-bond donors (Lipinski definition) is 2. The van der Waals surface area contributed by atoms with Crippen LogP contribution in [0.5, 0.6) is 0 Å². The molecule has 1 aliphatic heterocycles. The van der Waals surface area contributed by atoms with Crippen LogP contribution in [0.3, 0.4) is 0 Å². The smallest absolute Gasteiger partial charge is 0.306 e. The third kappa shape index (κ3) is 3.42. The van der Waals surface area contributed by atoms with E-state index in [9.17, 15) is 9.59 Å². The van der Waals surface area contributed by atoms with E-state index in [1.54, 1.807) is 6.20 Å². The van der Waals surface area contributed by atoms with Crippen molar-refractivity contribution in [2.45, 2.75) is 26.2 Å². The van der Waals surface area contributed by atoms with E-state index in [1.165, 1.54) is 0 Å². The number of aromatic nitrogens is 2. The minimum absolute atomic E-state index is 0.131. The highest BCUT2D eigenvalue weighted by Gasteiger charge is 2.24. The summed E-state index contributed by atoms with van der Waals surface area (Å²) in [5.74, 6) is -0.802. The number of nitrogens with one attached hydrogen (secondary N) is 1. The zero-order valence-electron chi connectivity index (χ0n) is 13.2. The van der Waals surface area contributed by atoms with E-state index in [4.69, 9.17) is 5.11 Å². The molecule has 1 aliphatic rings. The lowest BCUT2D eigenvalue weighted by Gasteiger charge is -2.29. The van der Waals surface area contributed by atoms with Gasteiger partial charge in [0, 0.05) is 23.9 Å². The molecule has 1 aromatic heterocycles. The molecule has 3 rings (SSSR count). The number of rotatable bonds is 5. The summed E-state index contributed by atoms with van der Waals surface area (Å²) in [4.78, 5) is 25.6. The maximum absolute atomic E-state index is 12.5. The SMILES string of the molecule is Cc1cc2[nH]ncc2cc1C(=O)CCN1CCC(C(=O)O)CC1. The van der Waals surface area contributed by atoms with E-state index >= 15 is 0 Å². The van der Waals surface area contributed by atoms with Crippen LogP contribution in [0.4, 0.5) is 0 Å². The molecule has 0 saturated carbocycles. The fourth-order valence-electron chi connectivity index (χ4n) is 3.20. The fraction of sp³-hybridized carbons (Fsp3) is 0.471. The van der Waals surface area contributed by atoms with Crippen LogP contribution in [0.25, 0.3) is 10.9 Å². The first-order valence-corrected chi connectivity index (χ1v) is 7.96. The van der Waals surface area contributed by atoms with Crippen LogP contribution < -0.4 is 0 Å². The zero-order valence-corrected chi connectivity index (χ0v) is 13.2. The number of carboxylic acid groups (broad SMARTS) is 1. The molecule has 6 nitrogen and oxygen atoms in total. The quantitative estimate of drug-likeness (QED) is 0.826. The number of aromatic amines is 1. The van der Waals surface area contributed by atoms with Crippen molar-refractivity contribution >= 4 is 22.7 Å². The molecule has 6 heteroatoms. The number of hydrogen-bond acceptors (Lipinski definition) is 4. The van der Waals surface area contributed by atoms with Crippen LogP contribution in [0, 0.1) is 12.8 Å².